The fourth-order valence-corrected chi connectivity index (χ4v) is 3.21. The average molecular weight is 356 g/mol. The van der Waals surface area contributed by atoms with Crippen molar-refractivity contribution in [3.63, 3.8) is 0 Å². The van der Waals surface area contributed by atoms with Crippen LogP contribution >= 0.6 is 0 Å². The van der Waals surface area contributed by atoms with Crippen molar-refractivity contribution in [1.82, 2.24) is 10.1 Å². The maximum atomic E-state index is 12.1. The third kappa shape index (κ3) is 2.10. The number of hydrogen-bond acceptors (Lipinski definition) is 7. The van der Waals surface area contributed by atoms with Crippen molar-refractivity contribution in [2.75, 3.05) is 0 Å². The lowest BCUT2D eigenvalue weighted by molar-refractivity contribution is -0.808. The molecule has 2 heterocycles. The van der Waals surface area contributed by atoms with Crippen LogP contribution in [0.25, 0.3) is 10.9 Å². The predicted octanol–water partition coefficient (Wildman–Crippen LogP) is 1.20. The summed E-state index contributed by atoms with van der Waals surface area (Å²) >= 11 is 0. The number of allylic oxidation sites excluding steroid dienone is 2. The van der Waals surface area contributed by atoms with E-state index in [0.29, 0.717) is 16.5 Å². The quantitative estimate of drug-likeness (QED) is 0.410. The smallest absolute Gasteiger partial charge is 0.318 e. The van der Waals surface area contributed by atoms with Gasteiger partial charge in [0.2, 0.25) is 5.69 Å². The Kier molecular flexibility index (Phi) is 3.19. The summed E-state index contributed by atoms with van der Waals surface area (Å²) in [5, 5.41) is 50.3. The summed E-state index contributed by atoms with van der Waals surface area (Å²) in [6, 6.07) is 5.49. The van der Waals surface area contributed by atoms with Gasteiger partial charge in [0.05, 0.1) is 16.2 Å². The molecule has 1 N–H and O–H groups in total. The number of benzene rings is 1. The molecule has 0 fully saturated rings. The Morgan fingerprint density at radius 2 is 2.08 bits per heavy atom. The molecule has 1 unspecified atom stereocenters. The number of fused-ring (bicyclic) bond motifs is 2. The second-order valence-corrected chi connectivity index (χ2v) is 5.86. The number of nitrogens with zero attached hydrogens (tertiary/aromatic N) is 4. The minimum absolute atomic E-state index is 0.0192. The molecule has 0 bridgehead atoms. The van der Waals surface area contributed by atoms with E-state index in [1.165, 1.54) is 0 Å². The third-order valence-electron chi connectivity index (χ3n) is 4.33. The van der Waals surface area contributed by atoms with Crippen LogP contribution < -0.4 is 4.90 Å². The van der Waals surface area contributed by atoms with E-state index < -0.39 is 27.2 Å². The van der Waals surface area contributed by atoms with Crippen molar-refractivity contribution >= 4 is 16.6 Å². The normalized spacial score (nSPS) is 16.4. The van der Waals surface area contributed by atoms with Crippen LogP contribution in [0.3, 0.4) is 0 Å². The molecule has 0 amide bonds. The summed E-state index contributed by atoms with van der Waals surface area (Å²) in [6.45, 7) is 1.86. The van der Waals surface area contributed by atoms with Gasteiger partial charge in [-0.25, -0.2) is 0 Å². The van der Waals surface area contributed by atoms with E-state index in [-0.39, 0.29) is 16.3 Å². The highest BCUT2D eigenvalue weighted by Gasteiger charge is 2.47. The number of aromatic amines is 1. The van der Waals surface area contributed by atoms with Gasteiger partial charge in [-0.3, -0.25) is 14.7 Å². The molecule has 0 spiro atoms. The van der Waals surface area contributed by atoms with E-state index in [4.69, 9.17) is 0 Å². The molecule has 0 radical (unpaired) electrons. The summed E-state index contributed by atoms with van der Waals surface area (Å²) < 4.78 is 4.51. The predicted molar refractivity (Wildman–Crippen MR) is 86.5 cm³/mol. The van der Waals surface area contributed by atoms with E-state index in [1.807, 2.05) is 19.1 Å². The molecule has 1 aliphatic rings. The number of nitro groups is 1. The molecule has 0 aliphatic heterocycles. The minimum atomic E-state index is -1.16. The van der Waals surface area contributed by atoms with E-state index in [0.717, 1.165) is 11.6 Å². The van der Waals surface area contributed by atoms with E-state index in [1.54, 1.807) is 12.3 Å². The van der Waals surface area contributed by atoms with Gasteiger partial charge in [-0.1, -0.05) is 11.6 Å². The Morgan fingerprint density at radius 3 is 2.77 bits per heavy atom. The van der Waals surface area contributed by atoms with E-state index in [2.05, 4.69) is 14.8 Å². The summed E-state index contributed by atoms with van der Waals surface area (Å²) in [5.41, 5.74) is 0.308. The number of nitrogens with one attached hydrogen (secondary N) is 1. The zero-order chi connectivity index (χ0) is 18.6. The van der Waals surface area contributed by atoms with Crippen molar-refractivity contribution < 1.29 is 19.4 Å². The fourth-order valence-electron chi connectivity index (χ4n) is 3.21. The van der Waals surface area contributed by atoms with Crippen LogP contribution in [0.1, 0.15) is 28.4 Å². The monoisotopic (exact) mass is 356 g/mol. The molecule has 26 heavy (non-hydrogen) atoms. The van der Waals surface area contributed by atoms with Gasteiger partial charge in [0.25, 0.3) is 11.4 Å². The number of H-pyrrole nitrogens is 1. The molecule has 4 rings (SSSR count). The Hall–Kier alpha value is -3.89. The minimum Gasteiger partial charge on any atom is -0.612 e. The number of aromatic nitrogens is 3. The Balaban J connectivity index is 2.06. The zero-order valence-corrected chi connectivity index (χ0v) is 13.2. The number of hydrogen-bond donors (Lipinski definition) is 1. The van der Waals surface area contributed by atoms with E-state index >= 15 is 0 Å². The fraction of sp³-hybridized carbons (Fsp3) is 0.133. The van der Waals surface area contributed by atoms with Crippen LogP contribution in [0.2, 0.25) is 0 Å². The van der Waals surface area contributed by atoms with Crippen LogP contribution in [-0.4, -0.2) is 25.7 Å². The van der Waals surface area contributed by atoms with Crippen molar-refractivity contribution in [1.29, 1.82) is 0 Å². The topological polar surface area (TPSA) is 161 Å². The molecule has 11 nitrogen and oxygen atoms in total. The van der Waals surface area contributed by atoms with Gasteiger partial charge in [0.15, 0.2) is 0 Å². The van der Waals surface area contributed by atoms with Crippen LogP contribution in [-0.2, 0) is 0 Å². The highest BCUT2D eigenvalue weighted by molar-refractivity contribution is 6.06. The number of rotatable bonds is 2. The SMILES string of the molecule is Cc1ccc2[nH]cc(C3C([N+](=O)[O-])=CC(=[N+]([O-])[O-])c4no[n+]([O-])c43)c2c1. The maximum Gasteiger partial charge on any atom is 0.318 e. The van der Waals surface area contributed by atoms with Crippen LogP contribution in [0.5, 0.6) is 0 Å². The lowest BCUT2D eigenvalue weighted by Crippen LogP contribution is -2.36. The first-order valence-electron chi connectivity index (χ1n) is 7.43. The molecule has 1 atom stereocenters. The summed E-state index contributed by atoms with van der Waals surface area (Å²) in [5.74, 6) is -1.16. The second kappa shape index (κ2) is 5.31. The lowest BCUT2D eigenvalue weighted by atomic mass is 9.85. The number of aryl methyl sites for hydroxylation is 1. The first-order chi connectivity index (χ1) is 12.4. The van der Waals surface area contributed by atoms with Gasteiger partial charge in [0, 0.05) is 17.1 Å². The molecule has 132 valence electrons. The molecule has 0 saturated carbocycles. The molecule has 1 aliphatic carbocycles. The zero-order valence-electron chi connectivity index (χ0n) is 13.2. The lowest BCUT2D eigenvalue weighted by Gasteiger charge is -2.16. The maximum absolute atomic E-state index is 12.1. The highest BCUT2D eigenvalue weighted by Crippen LogP contribution is 2.39. The standard InChI is InChI=1S/C15H10N5O6/c1-7-2-3-10-8(4-7)9(6-16-10)13-11(18(21)22)5-12(19(23)24)14-15(13)20(25)26-17-14/h2-6,13,16H,1H3/q-1. The molecular weight excluding hydrogens is 346 g/mol. The molecule has 3 aromatic rings. The average Bonchev–Trinajstić information content (AvgIpc) is 3.17. The van der Waals surface area contributed by atoms with Gasteiger partial charge >= 0.3 is 5.69 Å². The van der Waals surface area contributed by atoms with Crippen molar-refractivity contribution in [2.24, 2.45) is 0 Å². The van der Waals surface area contributed by atoms with Gasteiger partial charge in [-0.2, -0.15) is 4.90 Å². The first-order valence-corrected chi connectivity index (χ1v) is 7.43. The molecule has 1 aromatic carbocycles. The Bertz CT molecular complexity index is 1120. The molecule has 2 aromatic heterocycles. The van der Waals surface area contributed by atoms with E-state index in [9.17, 15) is 25.7 Å². The first kappa shape index (κ1) is 15.6. The third-order valence-corrected chi connectivity index (χ3v) is 4.33. The van der Waals surface area contributed by atoms with Gasteiger partial charge in [0.1, 0.15) is 5.92 Å². The summed E-state index contributed by atoms with van der Waals surface area (Å²) in [6.07, 6.45) is 2.37. The summed E-state index contributed by atoms with van der Waals surface area (Å²) in [4.78, 5) is 13.0. The summed E-state index contributed by atoms with van der Waals surface area (Å²) in [7, 11) is 0. The second-order valence-electron chi connectivity index (χ2n) is 5.86. The van der Waals surface area contributed by atoms with Gasteiger partial charge in [-0.05, 0) is 29.5 Å². The van der Waals surface area contributed by atoms with Crippen LogP contribution in [0.15, 0.2) is 40.8 Å². The van der Waals surface area contributed by atoms with Crippen molar-refractivity contribution in [2.45, 2.75) is 12.8 Å². The Morgan fingerprint density at radius 1 is 1.31 bits per heavy atom. The molecule has 11 heteroatoms. The Labute approximate surface area is 144 Å². The van der Waals surface area contributed by atoms with Crippen LogP contribution in [0, 0.1) is 32.7 Å². The van der Waals surface area contributed by atoms with Gasteiger partial charge in [-0.15, -0.1) is 0 Å². The highest BCUT2D eigenvalue weighted by atomic mass is 16.8. The largest absolute Gasteiger partial charge is 0.612 e. The van der Waals surface area contributed by atoms with Crippen molar-refractivity contribution in [3.05, 3.63) is 84.4 Å². The molecular formula is C15H10N5O6-. The van der Waals surface area contributed by atoms with Crippen molar-refractivity contribution in [3.8, 4) is 0 Å². The molecule has 0 saturated heterocycles. The van der Waals surface area contributed by atoms with Gasteiger partial charge < -0.3 is 20.6 Å². The van der Waals surface area contributed by atoms with Crippen LogP contribution in [0.4, 0.5) is 0 Å².